The maximum absolute atomic E-state index is 6.06. The van der Waals surface area contributed by atoms with E-state index in [9.17, 15) is 0 Å². The van der Waals surface area contributed by atoms with Crippen LogP contribution in [-0.4, -0.2) is 19.6 Å². The molecule has 0 radical (unpaired) electrons. The number of rotatable bonds is 1. The first kappa shape index (κ1) is 10.2. The Labute approximate surface area is 103 Å². The molecule has 1 aromatic carbocycles. The van der Waals surface area contributed by atoms with E-state index in [0.29, 0.717) is 16.8 Å². The highest BCUT2D eigenvalue weighted by Crippen LogP contribution is 2.21. The van der Waals surface area contributed by atoms with Gasteiger partial charge in [-0.05, 0) is 18.5 Å². The second-order valence-electron chi connectivity index (χ2n) is 3.80. The van der Waals surface area contributed by atoms with Crippen LogP contribution in [0.4, 0.5) is 0 Å². The summed E-state index contributed by atoms with van der Waals surface area (Å²) in [4.78, 5) is 4.03. The zero-order valence-electron chi connectivity index (χ0n) is 9.13. The molecule has 0 aliphatic heterocycles. The number of fused-ring (bicyclic) bond motifs is 1. The predicted octanol–water partition coefficient (Wildman–Crippen LogP) is 2.75. The van der Waals surface area contributed by atoms with Crippen molar-refractivity contribution in [1.82, 2.24) is 19.6 Å². The van der Waals surface area contributed by atoms with E-state index in [1.165, 1.54) is 5.56 Å². The zero-order chi connectivity index (χ0) is 11.8. The number of hydrogen-bond donors (Lipinski definition) is 0. The van der Waals surface area contributed by atoms with Gasteiger partial charge in [0.1, 0.15) is 0 Å². The molecule has 0 N–H and O–H groups in total. The average molecular weight is 245 g/mol. The highest BCUT2D eigenvalue weighted by atomic mass is 35.5. The van der Waals surface area contributed by atoms with Crippen molar-refractivity contribution in [3.8, 4) is 11.4 Å². The Kier molecular flexibility index (Phi) is 2.30. The van der Waals surface area contributed by atoms with Crippen molar-refractivity contribution in [3.63, 3.8) is 0 Å². The topological polar surface area (TPSA) is 43.1 Å². The molecule has 0 fully saturated rings. The number of benzene rings is 1. The summed E-state index contributed by atoms with van der Waals surface area (Å²) in [5.74, 6) is 0.707. The third-order valence-electron chi connectivity index (χ3n) is 2.59. The van der Waals surface area contributed by atoms with E-state index in [0.717, 1.165) is 5.56 Å². The van der Waals surface area contributed by atoms with Crippen molar-refractivity contribution in [2.24, 2.45) is 0 Å². The quantitative estimate of drug-likeness (QED) is 0.618. The Bertz CT molecular complexity index is 673. The molecule has 0 unspecified atom stereocenters. The second-order valence-corrected chi connectivity index (χ2v) is 4.14. The minimum Gasteiger partial charge on any atom is -0.249 e. The molecule has 0 saturated heterocycles. The lowest BCUT2D eigenvalue weighted by molar-refractivity contribution is 1.08. The molecule has 3 rings (SSSR count). The van der Waals surface area contributed by atoms with E-state index in [1.54, 1.807) is 16.7 Å². The van der Waals surface area contributed by atoms with Gasteiger partial charge in [0.25, 0.3) is 0 Å². The number of hydrogen-bond acceptors (Lipinski definition) is 3. The lowest BCUT2D eigenvalue weighted by Crippen LogP contribution is -1.93. The summed E-state index contributed by atoms with van der Waals surface area (Å²) in [6, 6.07) is 9.82. The lowest BCUT2D eigenvalue weighted by atomic mass is 10.1. The molecule has 0 aliphatic carbocycles. The van der Waals surface area contributed by atoms with Crippen LogP contribution in [-0.2, 0) is 0 Å². The molecule has 4 nitrogen and oxygen atoms in total. The normalized spacial score (nSPS) is 10.9. The van der Waals surface area contributed by atoms with Crippen LogP contribution in [0, 0.1) is 6.92 Å². The Hall–Kier alpha value is -1.94. The summed E-state index contributed by atoms with van der Waals surface area (Å²) in [6.45, 7) is 2.04. The molecule has 0 atom stereocenters. The molecule has 2 heterocycles. The van der Waals surface area contributed by atoms with Gasteiger partial charge < -0.3 is 0 Å². The average Bonchev–Trinajstić information content (AvgIpc) is 2.75. The fraction of sp³-hybridized carbons (Fsp3) is 0.0833. The fourth-order valence-electron chi connectivity index (χ4n) is 1.70. The van der Waals surface area contributed by atoms with Crippen LogP contribution in [0.3, 0.4) is 0 Å². The van der Waals surface area contributed by atoms with Crippen LogP contribution >= 0.6 is 11.6 Å². The van der Waals surface area contributed by atoms with Gasteiger partial charge in [-0.1, -0.05) is 29.8 Å². The molecular weight excluding hydrogens is 236 g/mol. The van der Waals surface area contributed by atoms with Gasteiger partial charge in [-0.15, -0.1) is 10.2 Å². The van der Waals surface area contributed by atoms with Crippen LogP contribution in [0.25, 0.3) is 17.0 Å². The molecule has 3 aromatic rings. The van der Waals surface area contributed by atoms with Crippen molar-refractivity contribution in [1.29, 1.82) is 0 Å². The van der Waals surface area contributed by atoms with E-state index in [4.69, 9.17) is 11.6 Å². The SMILES string of the molecule is Cc1ccc(-c2nnc3ccnc(Cl)n23)cc1. The monoisotopic (exact) mass is 244 g/mol. The summed E-state index contributed by atoms with van der Waals surface area (Å²) in [5.41, 5.74) is 2.87. The first-order valence-corrected chi connectivity index (χ1v) is 5.56. The van der Waals surface area contributed by atoms with Crippen molar-refractivity contribution in [2.75, 3.05) is 0 Å². The predicted molar refractivity (Wildman–Crippen MR) is 66.0 cm³/mol. The molecule has 2 aromatic heterocycles. The van der Waals surface area contributed by atoms with Gasteiger partial charge in [0.2, 0.25) is 5.28 Å². The third kappa shape index (κ3) is 1.66. The van der Waals surface area contributed by atoms with Crippen molar-refractivity contribution < 1.29 is 0 Å². The van der Waals surface area contributed by atoms with E-state index in [2.05, 4.69) is 15.2 Å². The molecule has 84 valence electrons. The van der Waals surface area contributed by atoms with Crippen LogP contribution in [0.2, 0.25) is 5.28 Å². The molecule has 0 saturated carbocycles. The van der Waals surface area contributed by atoms with Crippen LogP contribution in [0.15, 0.2) is 36.5 Å². The van der Waals surface area contributed by atoms with Crippen LogP contribution in [0.5, 0.6) is 0 Å². The maximum Gasteiger partial charge on any atom is 0.210 e. The standard InChI is InChI=1S/C12H9ClN4/c1-8-2-4-9(5-3-8)11-16-15-10-6-7-14-12(13)17(10)11/h2-7H,1H3. The summed E-state index contributed by atoms with van der Waals surface area (Å²) >= 11 is 6.06. The highest BCUT2D eigenvalue weighted by molar-refractivity contribution is 6.28. The molecule has 5 heteroatoms. The molecule has 0 spiro atoms. The van der Waals surface area contributed by atoms with E-state index in [-0.39, 0.29) is 0 Å². The first-order chi connectivity index (χ1) is 8.25. The summed E-state index contributed by atoms with van der Waals surface area (Å²) in [6.07, 6.45) is 1.62. The second kappa shape index (κ2) is 3.82. The van der Waals surface area contributed by atoms with E-state index >= 15 is 0 Å². The molecule has 0 amide bonds. The first-order valence-electron chi connectivity index (χ1n) is 5.18. The number of aryl methyl sites for hydroxylation is 1. The molecular formula is C12H9ClN4. The number of nitrogens with zero attached hydrogens (tertiary/aromatic N) is 4. The Balaban J connectivity index is 2.27. The lowest BCUT2D eigenvalue weighted by Gasteiger charge is -2.01. The minimum atomic E-state index is 0.364. The zero-order valence-corrected chi connectivity index (χ0v) is 9.89. The largest absolute Gasteiger partial charge is 0.249 e. The Morgan fingerprint density at radius 1 is 1.06 bits per heavy atom. The Morgan fingerprint density at radius 3 is 2.59 bits per heavy atom. The van der Waals surface area contributed by atoms with Gasteiger partial charge in [0.15, 0.2) is 11.5 Å². The molecule has 0 bridgehead atoms. The van der Waals surface area contributed by atoms with E-state index < -0.39 is 0 Å². The van der Waals surface area contributed by atoms with Crippen molar-refractivity contribution >= 4 is 17.2 Å². The fourth-order valence-corrected chi connectivity index (χ4v) is 1.92. The maximum atomic E-state index is 6.06. The molecule has 17 heavy (non-hydrogen) atoms. The summed E-state index contributed by atoms with van der Waals surface area (Å²) in [5, 5.41) is 8.58. The van der Waals surface area contributed by atoms with Gasteiger partial charge in [0, 0.05) is 17.8 Å². The van der Waals surface area contributed by atoms with Gasteiger partial charge in [0.05, 0.1) is 0 Å². The highest BCUT2D eigenvalue weighted by Gasteiger charge is 2.10. The van der Waals surface area contributed by atoms with Gasteiger partial charge in [-0.25, -0.2) is 9.38 Å². The number of aromatic nitrogens is 4. The van der Waals surface area contributed by atoms with E-state index in [1.807, 2.05) is 31.2 Å². The van der Waals surface area contributed by atoms with Crippen molar-refractivity contribution in [3.05, 3.63) is 47.4 Å². The van der Waals surface area contributed by atoms with Gasteiger partial charge >= 0.3 is 0 Å². The van der Waals surface area contributed by atoms with Crippen LogP contribution < -0.4 is 0 Å². The Morgan fingerprint density at radius 2 is 1.82 bits per heavy atom. The van der Waals surface area contributed by atoms with Gasteiger partial charge in [-0.3, -0.25) is 0 Å². The third-order valence-corrected chi connectivity index (χ3v) is 2.85. The smallest absolute Gasteiger partial charge is 0.210 e. The minimum absolute atomic E-state index is 0.364. The van der Waals surface area contributed by atoms with Gasteiger partial charge in [-0.2, -0.15) is 0 Å². The number of halogens is 1. The van der Waals surface area contributed by atoms with Crippen molar-refractivity contribution in [2.45, 2.75) is 6.92 Å². The summed E-state index contributed by atoms with van der Waals surface area (Å²) < 4.78 is 1.73. The van der Waals surface area contributed by atoms with Crippen LogP contribution in [0.1, 0.15) is 5.56 Å². The molecule has 0 aliphatic rings. The summed E-state index contributed by atoms with van der Waals surface area (Å²) in [7, 11) is 0.